The van der Waals surface area contributed by atoms with E-state index < -0.39 is 17.9 Å². The number of aromatic nitrogens is 2. The van der Waals surface area contributed by atoms with E-state index in [2.05, 4.69) is 20.4 Å². The lowest BCUT2D eigenvalue weighted by Crippen LogP contribution is -2.32. The summed E-state index contributed by atoms with van der Waals surface area (Å²) < 4.78 is 60.2. The van der Waals surface area contributed by atoms with Crippen LogP contribution in [0.1, 0.15) is 37.7 Å². The van der Waals surface area contributed by atoms with Gasteiger partial charge in [0.05, 0.1) is 6.54 Å². The summed E-state index contributed by atoms with van der Waals surface area (Å²) in [5.74, 6) is 1.61. The first-order valence-corrected chi connectivity index (χ1v) is 11.8. The maximum absolute atomic E-state index is 13.8. The Morgan fingerprint density at radius 3 is 2.38 bits per heavy atom. The summed E-state index contributed by atoms with van der Waals surface area (Å²) in [5.41, 5.74) is -0.817. The van der Waals surface area contributed by atoms with Gasteiger partial charge in [0.1, 0.15) is 11.7 Å². The van der Waals surface area contributed by atoms with Gasteiger partial charge in [-0.3, -0.25) is 0 Å². The SMILES string of the molecule is F[C@H]1CCN(c2cc(C(F)(F)F)c(NC3CC4CN(CC5CCOCC5)C[C@H]4C3)nn2)C1. The highest BCUT2D eigenvalue weighted by Crippen LogP contribution is 2.42. The number of rotatable bonds is 5. The molecule has 0 bridgehead atoms. The number of alkyl halides is 4. The number of likely N-dealkylation sites (tertiary alicyclic amines) is 1. The fraction of sp³-hybridized carbons (Fsp3) is 0.818. The molecule has 1 N–H and O–H groups in total. The number of halogens is 4. The molecule has 32 heavy (non-hydrogen) atoms. The summed E-state index contributed by atoms with van der Waals surface area (Å²) in [7, 11) is 0. The van der Waals surface area contributed by atoms with Gasteiger partial charge in [0, 0.05) is 45.4 Å². The van der Waals surface area contributed by atoms with Gasteiger partial charge < -0.3 is 19.9 Å². The normalized spacial score (nSPS) is 31.9. The number of nitrogens with one attached hydrogen (secondary N) is 1. The van der Waals surface area contributed by atoms with Crippen LogP contribution in [0.2, 0.25) is 0 Å². The van der Waals surface area contributed by atoms with Gasteiger partial charge in [-0.15, -0.1) is 10.2 Å². The lowest BCUT2D eigenvalue weighted by atomic mass is 10.00. The second kappa shape index (κ2) is 8.93. The fourth-order valence-electron chi connectivity index (χ4n) is 5.94. The Morgan fingerprint density at radius 1 is 1.03 bits per heavy atom. The quantitative estimate of drug-likeness (QED) is 0.682. The van der Waals surface area contributed by atoms with Gasteiger partial charge in [-0.2, -0.15) is 13.2 Å². The highest BCUT2D eigenvalue weighted by atomic mass is 19.4. The van der Waals surface area contributed by atoms with Crippen molar-refractivity contribution in [3.8, 4) is 0 Å². The lowest BCUT2D eigenvalue weighted by Gasteiger charge is -2.28. The van der Waals surface area contributed by atoms with Gasteiger partial charge >= 0.3 is 6.18 Å². The molecule has 0 amide bonds. The first-order valence-electron chi connectivity index (χ1n) is 11.8. The Morgan fingerprint density at radius 2 is 1.75 bits per heavy atom. The summed E-state index contributed by atoms with van der Waals surface area (Å²) in [6, 6.07) is 0.983. The van der Waals surface area contributed by atoms with Gasteiger partial charge in [-0.05, 0) is 55.9 Å². The van der Waals surface area contributed by atoms with Crippen molar-refractivity contribution >= 4 is 11.6 Å². The number of nitrogens with zero attached hydrogens (tertiary/aromatic N) is 4. The van der Waals surface area contributed by atoms with Gasteiger partial charge in [-0.1, -0.05) is 0 Å². The predicted octanol–water partition coefficient (Wildman–Crippen LogP) is 3.59. The molecule has 1 aromatic rings. The van der Waals surface area contributed by atoms with Crippen LogP contribution in [0.4, 0.5) is 29.2 Å². The summed E-state index contributed by atoms with van der Waals surface area (Å²) in [4.78, 5) is 4.06. The van der Waals surface area contributed by atoms with E-state index in [4.69, 9.17) is 4.74 Å². The lowest BCUT2D eigenvalue weighted by molar-refractivity contribution is -0.137. The second-order valence-electron chi connectivity index (χ2n) is 9.90. The smallest absolute Gasteiger partial charge is 0.381 e. The third-order valence-corrected chi connectivity index (χ3v) is 7.57. The molecule has 5 rings (SSSR count). The van der Waals surface area contributed by atoms with Crippen LogP contribution in [0, 0.1) is 17.8 Å². The Bertz CT molecular complexity index is 789. The second-order valence-corrected chi connectivity index (χ2v) is 9.90. The molecular weight excluding hydrogens is 426 g/mol. The molecule has 4 aliphatic rings. The number of anilines is 2. The van der Waals surface area contributed by atoms with Crippen molar-refractivity contribution < 1.29 is 22.3 Å². The van der Waals surface area contributed by atoms with Gasteiger partial charge in [-0.25, -0.2) is 4.39 Å². The molecule has 4 heterocycles. The van der Waals surface area contributed by atoms with Crippen molar-refractivity contribution in [2.24, 2.45) is 17.8 Å². The van der Waals surface area contributed by atoms with Crippen molar-refractivity contribution in [1.29, 1.82) is 0 Å². The highest BCUT2D eigenvalue weighted by Gasteiger charge is 2.43. The standard InChI is InChI=1S/C22H31F4N5O/c23-17-1-4-31(13-17)20-9-19(22(24,25)26)21(29-28-20)27-18-7-15-11-30(12-16(15)8-18)10-14-2-5-32-6-3-14/h9,14-18H,1-8,10-13H2,(H,27,29)/t15-,16?,17+,18?/m1/s1. The summed E-state index contributed by atoms with van der Waals surface area (Å²) >= 11 is 0. The molecule has 4 fully saturated rings. The largest absolute Gasteiger partial charge is 0.420 e. The van der Waals surface area contributed by atoms with E-state index in [1.165, 1.54) is 4.90 Å². The van der Waals surface area contributed by atoms with Crippen molar-refractivity contribution in [2.45, 2.75) is 50.5 Å². The van der Waals surface area contributed by atoms with Gasteiger partial charge in [0.2, 0.25) is 0 Å². The maximum Gasteiger partial charge on any atom is 0.420 e. The van der Waals surface area contributed by atoms with Crippen molar-refractivity contribution in [3.63, 3.8) is 0 Å². The molecular formula is C22H31F4N5O. The molecule has 1 aliphatic carbocycles. The molecule has 4 atom stereocenters. The molecule has 10 heteroatoms. The van der Waals surface area contributed by atoms with E-state index in [1.807, 2.05) is 0 Å². The van der Waals surface area contributed by atoms with E-state index in [0.717, 1.165) is 64.6 Å². The number of ether oxygens (including phenoxy) is 1. The van der Waals surface area contributed by atoms with Crippen molar-refractivity contribution in [3.05, 3.63) is 11.6 Å². The van der Waals surface area contributed by atoms with E-state index in [0.29, 0.717) is 30.7 Å². The van der Waals surface area contributed by atoms with Crippen LogP contribution in [0.3, 0.4) is 0 Å². The van der Waals surface area contributed by atoms with E-state index in [9.17, 15) is 17.6 Å². The number of hydrogen-bond acceptors (Lipinski definition) is 6. The van der Waals surface area contributed by atoms with Crippen LogP contribution >= 0.6 is 0 Å². The zero-order valence-electron chi connectivity index (χ0n) is 18.2. The molecule has 1 saturated carbocycles. The molecule has 1 aromatic heterocycles. The maximum atomic E-state index is 13.8. The monoisotopic (exact) mass is 457 g/mol. The average Bonchev–Trinajstić information content (AvgIpc) is 3.43. The minimum absolute atomic E-state index is 0.0292. The van der Waals surface area contributed by atoms with E-state index >= 15 is 0 Å². The van der Waals surface area contributed by atoms with Gasteiger partial charge in [0.15, 0.2) is 11.6 Å². The number of fused-ring (bicyclic) bond motifs is 1. The van der Waals surface area contributed by atoms with Crippen molar-refractivity contribution in [2.75, 3.05) is 56.2 Å². The van der Waals surface area contributed by atoms with Crippen molar-refractivity contribution in [1.82, 2.24) is 15.1 Å². The first-order chi connectivity index (χ1) is 15.3. The van der Waals surface area contributed by atoms with Crippen LogP contribution in [-0.4, -0.2) is 73.2 Å². The molecule has 0 spiro atoms. The fourth-order valence-corrected chi connectivity index (χ4v) is 5.94. The van der Waals surface area contributed by atoms with Crippen LogP contribution in [0.5, 0.6) is 0 Å². The van der Waals surface area contributed by atoms with E-state index in [-0.39, 0.29) is 24.2 Å². The average molecular weight is 458 g/mol. The molecule has 3 aliphatic heterocycles. The Kier molecular flexibility index (Phi) is 6.17. The Balaban J connectivity index is 1.20. The minimum atomic E-state index is -4.54. The zero-order chi connectivity index (χ0) is 22.3. The highest BCUT2D eigenvalue weighted by molar-refractivity contribution is 5.53. The Hall–Kier alpha value is -1.68. The molecule has 3 saturated heterocycles. The topological polar surface area (TPSA) is 53.5 Å². The minimum Gasteiger partial charge on any atom is -0.381 e. The predicted molar refractivity (Wildman–Crippen MR) is 112 cm³/mol. The molecule has 6 nitrogen and oxygen atoms in total. The third-order valence-electron chi connectivity index (χ3n) is 7.57. The van der Waals surface area contributed by atoms with Crippen LogP contribution in [-0.2, 0) is 10.9 Å². The van der Waals surface area contributed by atoms with Crippen LogP contribution in [0.25, 0.3) is 0 Å². The third kappa shape index (κ3) is 4.81. The summed E-state index contributed by atoms with van der Waals surface area (Å²) in [6.07, 6.45) is -1.33. The van der Waals surface area contributed by atoms with Crippen LogP contribution in [0.15, 0.2) is 6.07 Å². The molecule has 0 radical (unpaired) electrons. The molecule has 178 valence electrons. The zero-order valence-corrected chi connectivity index (χ0v) is 18.2. The summed E-state index contributed by atoms with van der Waals surface area (Å²) in [6.45, 7) is 5.28. The Labute approximate surface area is 185 Å². The number of hydrogen-bond donors (Lipinski definition) is 1. The molecule has 0 aromatic carbocycles. The summed E-state index contributed by atoms with van der Waals surface area (Å²) in [5, 5.41) is 10.9. The molecule has 2 unspecified atom stereocenters. The van der Waals surface area contributed by atoms with Gasteiger partial charge in [0.25, 0.3) is 0 Å². The first kappa shape index (κ1) is 22.1. The van der Waals surface area contributed by atoms with Crippen LogP contribution < -0.4 is 10.2 Å². The van der Waals surface area contributed by atoms with E-state index in [1.54, 1.807) is 0 Å².